The van der Waals surface area contributed by atoms with Gasteiger partial charge in [0.2, 0.25) is 5.91 Å². The minimum Gasteiger partial charge on any atom is -0.494 e. The van der Waals surface area contributed by atoms with Crippen LogP contribution in [0.5, 0.6) is 5.75 Å². The molecule has 4 aromatic rings. The summed E-state index contributed by atoms with van der Waals surface area (Å²) in [6, 6.07) is 14.2. The summed E-state index contributed by atoms with van der Waals surface area (Å²) < 4.78 is 19.8. The zero-order valence-corrected chi connectivity index (χ0v) is 17.8. The number of benzene rings is 2. The molecule has 0 spiro atoms. The first-order chi connectivity index (χ1) is 15.0. The number of halogens is 1. The maximum Gasteiger partial charge on any atom is 0.281 e. The summed E-state index contributed by atoms with van der Waals surface area (Å²) >= 11 is 1.44. The molecule has 0 saturated carbocycles. The van der Waals surface area contributed by atoms with Gasteiger partial charge in [0.25, 0.3) is 5.56 Å². The SMILES string of the molecule is COc1ccc(CCC(=O)Nn2cnc3sc(C)c(-c4ccccc4)c3c2=O)cc1F. The standard InChI is InChI=1S/C23H20FN3O3S/c1-14-20(16-6-4-3-5-7-16)21-22(31-14)25-13-27(23(21)29)26-19(28)11-9-15-8-10-18(30-2)17(24)12-15/h3-8,10,12-13H,9,11H2,1-2H3,(H,26,28). The van der Waals surface area contributed by atoms with Gasteiger partial charge >= 0.3 is 0 Å². The van der Waals surface area contributed by atoms with Gasteiger partial charge in [0, 0.05) is 16.9 Å². The molecule has 0 atom stereocenters. The molecular formula is C23H20FN3O3S. The Morgan fingerprint density at radius 1 is 1.23 bits per heavy atom. The number of ether oxygens (including phenoxy) is 1. The van der Waals surface area contributed by atoms with Gasteiger partial charge in [-0.3, -0.25) is 15.0 Å². The van der Waals surface area contributed by atoms with E-state index in [1.54, 1.807) is 6.07 Å². The van der Waals surface area contributed by atoms with Crippen molar-refractivity contribution < 1.29 is 13.9 Å². The van der Waals surface area contributed by atoms with Crippen molar-refractivity contribution in [2.75, 3.05) is 12.5 Å². The largest absolute Gasteiger partial charge is 0.494 e. The Bertz CT molecular complexity index is 1320. The Kier molecular flexibility index (Phi) is 5.81. The summed E-state index contributed by atoms with van der Waals surface area (Å²) in [6.45, 7) is 1.95. The summed E-state index contributed by atoms with van der Waals surface area (Å²) in [5, 5.41) is 0.480. The molecule has 1 amide bonds. The molecule has 1 N–H and O–H groups in total. The van der Waals surface area contributed by atoms with Crippen LogP contribution in [-0.4, -0.2) is 22.7 Å². The van der Waals surface area contributed by atoms with Crippen molar-refractivity contribution in [2.24, 2.45) is 0 Å². The molecule has 0 unspecified atom stereocenters. The van der Waals surface area contributed by atoms with Gasteiger partial charge in [-0.25, -0.2) is 14.1 Å². The van der Waals surface area contributed by atoms with Crippen molar-refractivity contribution in [1.82, 2.24) is 9.66 Å². The molecule has 2 aromatic carbocycles. The first-order valence-corrected chi connectivity index (χ1v) is 10.5. The van der Waals surface area contributed by atoms with Crippen LogP contribution in [-0.2, 0) is 11.2 Å². The third-order valence-corrected chi connectivity index (χ3v) is 5.97. The van der Waals surface area contributed by atoms with Crippen LogP contribution in [0.3, 0.4) is 0 Å². The Labute approximate surface area is 181 Å². The van der Waals surface area contributed by atoms with E-state index in [0.717, 1.165) is 20.7 Å². The van der Waals surface area contributed by atoms with Crippen LogP contribution in [0.15, 0.2) is 59.7 Å². The molecule has 0 bridgehead atoms. The lowest BCUT2D eigenvalue weighted by molar-refractivity contribution is -0.117. The van der Waals surface area contributed by atoms with Gasteiger partial charge in [-0.2, -0.15) is 0 Å². The first kappa shape index (κ1) is 20.7. The molecule has 0 aliphatic rings. The van der Waals surface area contributed by atoms with Crippen LogP contribution in [0.4, 0.5) is 4.39 Å². The van der Waals surface area contributed by atoms with E-state index in [2.05, 4.69) is 10.4 Å². The number of thiophene rings is 1. The van der Waals surface area contributed by atoms with E-state index in [-0.39, 0.29) is 23.6 Å². The molecule has 0 saturated heterocycles. The summed E-state index contributed by atoms with van der Waals surface area (Å²) in [7, 11) is 1.40. The van der Waals surface area contributed by atoms with Gasteiger partial charge in [0.05, 0.1) is 12.5 Å². The van der Waals surface area contributed by atoms with E-state index in [1.165, 1.54) is 36.9 Å². The minimum atomic E-state index is -0.479. The number of amides is 1. The van der Waals surface area contributed by atoms with Crippen LogP contribution in [0, 0.1) is 12.7 Å². The highest BCUT2D eigenvalue weighted by atomic mass is 32.1. The lowest BCUT2D eigenvalue weighted by atomic mass is 10.0. The minimum absolute atomic E-state index is 0.0878. The highest BCUT2D eigenvalue weighted by Gasteiger charge is 2.17. The molecule has 4 rings (SSSR count). The van der Waals surface area contributed by atoms with Crippen LogP contribution in [0.25, 0.3) is 21.3 Å². The number of carbonyl (C=O) groups is 1. The maximum absolute atomic E-state index is 13.8. The number of hydrogen-bond donors (Lipinski definition) is 1. The summed E-state index contributed by atoms with van der Waals surface area (Å²) in [5.74, 6) is -0.695. The zero-order chi connectivity index (χ0) is 22.0. The second-order valence-corrected chi connectivity index (χ2v) is 8.21. The Morgan fingerprint density at radius 3 is 2.71 bits per heavy atom. The van der Waals surface area contributed by atoms with Crippen molar-refractivity contribution in [3.63, 3.8) is 0 Å². The smallest absolute Gasteiger partial charge is 0.281 e. The molecule has 158 valence electrons. The Morgan fingerprint density at radius 2 is 2.00 bits per heavy atom. The number of nitrogens with zero attached hydrogens (tertiary/aromatic N) is 2. The molecule has 31 heavy (non-hydrogen) atoms. The number of rotatable bonds is 6. The summed E-state index contributed by atoms with van der Waals surface area (Å²) in [6.07, 6.45) is 1.73. The summed E-state index contributed by atoms with van der Waals surface area (Å²) in [4.78, 5) is 31.5. The second kappa shape index (κ2) is 8.69. The molecule has 2 heterocycles. The number of carbonyl (C=O) groups excluding carboxylic acids is 1. The van der Waals surface area contributed by atoms with Crippen LogP contribution in [0.2, 0.25) is 0 Å². The van der Waals surface area contributed by atoms with Crippen molar-refractivity contribution in [3.8, 4) is 16.9 Å². The second-order valence-electron chi connectivity index (χ2n) is 7.00. The van der Waals surface area contributed by atoms with Crippen LogP contribution in [0.1, 0.15) is 16.9 Å². The average Bonchev–Trinajstić information content (AvgIpc) is 3.11. The maximum atomic E-state index is 13.8. The van der Waals surface area contributed by atoms with Gasteiger partial charge in [0.15, 0.2) is 11.6 Å². The van der Waals surface area contributed by atoms with Crippen molar-refractivity contribution in [1.29, 1.82) is 0 Å². The number of nitrogens with one attached hydrogen (secondary N) is 1. The van der Waals surface area contributed by atoms with Gasteiger partial charge in [0.1, 0.15) is 11.2 Å². The molecule has 0 aliphatic carbocycles. The fourth-order valence-electron chi connectivity index (χ4n) is 3.45. The normalized spacial score (nSPS) is 10.9. The van der Waals surface area contributed by atoms with E-state index in [4.69, 9.17) is 4.74 Å². The van der Waals surface area contributed by atoms with Crippen molar-refractivity contribution >= 4 is 27.5 Å². The predicted molar refractivity (Wildman–Crippen MR) is 120 cm³/mol. The molecule has 6 nitrogen and oxygen atoms in total. The number of hydrogen-bond acceptors (Lipinski definition) is 5. The van der Waals surface area contributed by atoms with Gasteiger partial charge < -0.3 is 4.74 Å². The van der Waals surface area contributed by atoms with E-state index in [9.17, 15) is 14.0 Å². The first-order valence-electron chi connectivity index (χ1n) is 9.66. The Balaban J connectivity index is 1.56. The molecule has 0 aliphatic heterocycles. The van der Waals surface area contributed by atoms with Crippen molar-refractivity contribution in [2.45, 2.75) is 19.8 Å². The quantitative estimate of drug-likeness (QED) is 0.489. The topological polar surface area (TPSA) is 73.2 Å². The zero-order valence-electron chi connectivity index (χ0n) is 17.0. The van der Waals surface area contributed by atoms with Crippen LogP contribution >= 0.6 is 11.3 Å². The van der Waals surface area contributed by atoms with Gasteiger partial charge in [-0.1, -0.05) is 36.4 Å². The van der Waals surface area contributed by atoms with Gasteiger partial charge in [-0.15, -0.1) is 11.3 Å². The number of aryl methyl sites for hydroxylation is 2. The van der Waals surface area contributed by atoms with Gasteiger partial charge in [-0.05, 0) is 36.6 Å². The molecule has 0 radical (unpaired) electrons. The fourth-order valence-corrected chi connectivity index (χ4v) is 4.45. The van der Waals surface area contributed by atoms with E-state index < -0.39 is 5.82 Å². The fraction of sp³-hybridized carbons (Fsp3) is 0.174. The lowest BCUT2D eigenvalue weighted by Gasteiger charge is -2.09. The molecule has 8 heteroatoms. The average molecular weight is 437 g/mol. The highest BCUT2D eigenvalue weighted by Crippen LogP contribution is 2.35. The van der Waals surface area contributed by atoms with E-state index >= 15 is 0 Å². The monoisotopic (exact) mass is 437 g/mol. The number of fused-ring (bicyclic) bond motifs is 1. The summed E-state index contributed by atoms with van der Waals surface area (Å²) in [5.41, 5.74) is 4.67. The third kappa shape index (κ3) is 4.20. The molecule has 0 fully saturated rings. The Hall–Kier alpha value is -3.52. The number of aromatic nitrogens is 2. The van der Waals surface area contributed by atoms with Crippen molar-refractivity contribution in [3.05, 3.63) is 81.5 Å². The number of methoxy groups -OCH3 is 1. The van der Waals surface area contributed by atoms with Crippen LogP contribution < -0.4 is 15.7 Å². The predicted octanol–water partition coefficient (Wildman–Crippen LogP) is 4.28. The van der Waals surface area contributed by atoms with E-state index in [1.807, 2.05) is 37.3 Å². The third-order valence-electron chi connectivity index (χ3n) is 4.95. The molecule has 2 aromatic heterocycles. The molecular weight excluding hydrogens is 417 g/mol. The van der Waals surface area contributed by atoms with E-state index in [0.29, 0.717) is 22.2 Å². The lowest BCUT2D eigenvalue weighted by Crippen LogP contribution is -2.33. The highest BCUT2D eigenvalue weighted by molar-refractivity contribution is 7.19.